The van der Waals surface area contributed by atoms with E-state index in [0.717, 1.165) is 79.0 Å². The molecule has 15 heteroatoms. The second-order valence-corrected chi connectivity index (χ2v) is 17.3. The van der Waals surface area contributed by atoms with Crippen LogP contribution in [0.25, 0.3) is 33.6 Å². The quantitative estimate of drug-likeness (QED) is 0.143. The third-order valence-electron chi connectivity index (χ3n) is 12.2. The van der Waals surface area contributed by atoms with Crippen LogP contribution >= 0.6 is 0 Å². The van der Waals surface area contributed by atoms with Crippen LogP contribution < -0.4 is 0 Å². The minimum atomic E-state index is -3.79. The summed E-state index contributed by atoms with van der Waals surface area (Å²) >= 11 is 0. The van der Waals surface area contributed by atoms with Crippen molar-refractivity contribution < 1.29 is 8.42 Å². The number of hydrogen-bond donors (Lipinski definition) is 1. The van der Waals surface area contributed by atoms with Gasteiger partial charge in [-0.05, 0) is 93.4 Å². The van der Waals surface area contributed by atoms with E-state index in [0.29, 0.717) is 59.2 Å². The molecule has 2 aliphatic rings. The highest BCUT2D eigenvalue weighted by atomic mass is 32.2. The molecule has 6 aromatic heterocycles. The lowest BCUT2D eigenvalue weighted by Gasteiger charge is -2.16. The molecule has 14 nitrogen and oxygen atoms in total. The lowest BCUT2D eigenvalue weighted by atomic mass is 9.93. The molecule has 56 heavy (non-hydrogen) atoms. The monoisotopic (exact) mass is 770 g/mol. The van der Waals surface area contributed by atoms with Crippen LogP contribution in [0.4, 0.5) is 0 Å². The Hall–Kier alpha value is -5.67. The summed E-state index contributed by atoms with van der Waals surface area (Å²) in [6.45, 7) is 6.36. The molecule has 6 atom stereocenters. The molecule has 0 aliphatic heterocycles. The van der Waals surface area contributed by atoms with E-state index in [9.17, 15) is 8.42 Å². The van der Waals surface area contributed by atoms with Gasteiger partial charge < -0.3 is 4.98 Å². The second-order valence-electron chi connectivity index (χ2n) is 15.5. The number of rotatable bonds is 10. The van der Waals surface area contributed by atoms with E-state index in [-0.39, 0.29) is 10.8 Å². The van der Waals surface area contributed by atoms with Crippen LogP contribution in [0.3, 0.4) is 0 Å². The number of nitrogens with zero attached hydrogens (tertiary/aromatic N) is 11. The SMILES string of the molecule is CC[C@@H]1C[C@@H](CCC#N)C[C@@H]1c1nnc2cnc3[nH]ccc3n12.CC[C@@H]1C[C@@H](CCC#N)C[C@@H]1c1nnc2cnc3c(ccn3S(=O)(=O)c3ccc(C)cc3)n12. The van der Waals surface area contributed by atoms with Crippen molar-refractivity contribution in [3.63, 3.8) is 0 Å². The fourth-order valence-corrected chi connectivity index (χ4v) is 10.7. The lowest BCUT2D eigenvalue weighted by Crippen LogP contribution is -2.13. The van der Waals surface area contributed by atoms with Gasteiger partial charge >= 0.3 is 0 Å². The molecular weight excluding hydrogens is 725 g/mol. The van der Waals surface area contributed by atoms with Gasteiger partial charge in [-0.3, -0.25) is 8.80 Å². The van der Waals surface area contributed by atoms with E-state index in [4.69, 9.17) is 10.5 Å². The third kappa shape index (κ3) is 6.68. The zero-order chi connectivity index (χ0) is 39.0. The molecular formula is C41H46N12O2S. The summed E-state index contributed by atoms with van der Waals surface area (Å²) in [5.74, 6) is 4.75. The van der Waals surface area contributed by atoms with Crippen molar-refractivity contribution in [3.8, 4) is 12.1 Å². The van der Waals surface area contributed by atoms with E-state index in [2.05, 4.69) is 65.7 Å². The number of fused-ring (bicyclic) bond motifs is 6. The van der Waals surface area contributed by atoms with E-state index < -0.39 is 10.0 Å². The Morgan fingerprint density at radius 2 is 1.32 bits per heavy atom. The number of benzene rings is 1. The molecule has 6 heterocycles. The second kappa shape index (κ2) is 15.5. The van der Waals surface area contributed by atoms with Gasteiger partial charge in [-0.25, -0.2) is 22.4 Å². The zero-order valence-electron chi connectivity index (χ0n) is 32.0. The number of nitriles is 2. The van der Waals surface area contributed by atoms with Crippen molar-refractivity contribution in [2.24, 2.45) is 23.7 Å². The van der Waals surface area contributed by atoms with Crippen molar-refractivity contribution >= 4 is 43.6 Å². The van der Waals surface area contributed by atoms with Crippen molar-refractivity contribution in [2.75, 3.05) is 0 Å². The Morgan fingerprint density at radius 1 is 0.750 bits per heavy atom. The largest absolute Gasteiger partial charge is 0.345 e. The standard InChI is InChI=1S/C24H26N6O2S.C17H20N6/c1-3-18-13-17(5-4-11-25)14-20(18)23-28-27-22-15-26-24-21(30(22)23)10-12-29(24)33(31,32)19-8-6-16(2)7-9-19;1-2-12-8-11(4-3-6-18)9-13(12)17-22-21-15-10-20-16-14(23(15)17)5-7-19-16/h6-10,12,15,17-18,20H,3-5,13-14H2,1-2H3;5,7,10-13,19H,2-4,8-9H2,1H3/t17-,18-,20+;11-,12-,13+/m11/s1. The van der Waals surface area contributed by atoms with Gasteiger partial charge in [0.15, 0.2) is 22.6 Å². The predicted molar refractivity (Wildman–Crippen MR) is 211 cm³/mol. The maximum Gasteiger partial charge on any atom is 0.269 e. The van der Waals surface area contributed by atoms with Crippen LogP contribution in [0.5, 0.6) is 0 Å². The fourth-order valence-electron chi connectivity index (χ4n) is 9.37. The first-order valence-electron chi connectivity index (χ1n) is 19.7. The summed E-state index contributed by atoms with van der Waals surface area (Å²) in [5, 5.41) is 35.6. The first-order valence-corrected chi connectivity index (χ1v) is 21.1. The molecule has 0 amide bonds. The van der Waals surface area contributed by atoms with Gasteiger partial charge in [0, 0.05) is 37.1 Å². The normalized spacial score (nSPS) is 22.4. The highest BCUT2D eigenvalue weighted by Gasteiger charge is 2.38. The summed E-state index contributed by atoms with van der Waals surface area (Å²) in [7, 11) is -3.79. The minimum Gasteiger partial charge on any atom is -0.345 e. The molecule has 2 saturated carbocycles. The maximum atomic E-state index is 13.3. The van der Waals surface area contributed by atoms with Gasteiger partial charge in [-0.1, -0.05) is 44.4 Å². The van der Waals surface area contributed by atoms with Gasteiger partial charge in [0.2, 0.25) is 0 Å². The molecule has 1 aromatic carbocycles. The molecule has 1 N–H and O–H groups in total. The number of aromatic amines is 1. The average Bonchev–Trinajstić information content (AvgIpc) is 4.06. The first-order chi connectivity index (χ1) is 27.2. The molecule has 0 spiro atoms. The molecule has 7 aromatic rings. The van der Waals surface area contributed by atoms with E-state index >= 15 is 0 Å². The summed E-state index contributed by atoms with van der Waals surface area (Å²) in [6.07, 6.45) is 16.5. The van der Waals surface area contributed by atoms with Crippen molar-refractivity contribution in [3.05, 3.63) is 78.4 Å². The zero-order valence-corrected chi connectivity index (χ0v) is 32.8. The van der Waals surface area contributed by atoms with E-state index in [1.54, 1.807) is 48.9 Å². The number of nitrogens with one attached hydrogen (secondary N) is 1. The van der Waals surface area contributed by atoms with Gasteiger partial charge in [-0.15, -0.1) is 20.4 Å². The highest BCUT2D eigenvalue weighted by molar-refractivity contribution is 7.90. The molecule has 0 radical (unpaired) electrons. The van der Waals surface area contributed by atoms with Crippen LogP contribution in [0.15, 0.2) is 66.1 Å². The predicted octanol–water partition coefficient (Wildman–Crippen LogP) is 7.88. The van der Waals surface area contributed by atoms with Crippen LogP contribution in [-0.2, 0) is 10.0 Å². The molecule has 2 fully saturated rings. The number of H-pyrrole nitrogens is 1. The van der Waals surface area contributed by atoms with Crippen LogP contribution in [0, 0.1) is 53.3 Å². The topological polar surface area (TPSA) is 189 Å². The summed E-state index contributed by atoms with van der Waals surface area (Å²) in [6, 6.07) is 15.2. The minimum absolute atomic E-state index is 0.219. The van der Waals surface area contributed by atoms with Crippen LogP contribution in [-0.4, -0.2) is 56.5 Å². The molecule has 0 bridgehead atoms. The summed E-state index contributed by atoms with van der Waals surface area (Å²) in [5.41, 5.74) is 5.36. The fraction of sp³-hybridized carbons (Fsp3) is 0.463. The lowest BCUT2D eigenvalue weighted by molar-refractivity contribution is 0.440. The van der Waals surface area contributed by atoms with Crippen molar-refractivity contribution in [1.82, 2.24) is 48.1 Å². The van der Waals surface area contributed by atoms with E-state index in [1.165, 1.54) is 10.4 Å². The Kier molecular flexibility index (Phi) is 10.3. The Morgan fingerprint density at radius 3 is 1.89 bits per heavy atom. The molecule has 288 valence electrons. The van der Waals surface area contributed by atoms with Crippen LogP contribution in [0.2, 0.25) is 0 Å². The van der Waals surface area contributed by atoms with Gasteiger partial charge in [-0.2, -0.15) is 10.5 Å². The summed E-state index contributed by atoms with van der Waals surface area (Å²) < 4.78 is 32.0. The number of hydrogen-bond acceptors (Lipinski definition) is 10. The first kappa shape index (κ1) is 37.3. The maximum absolute atomic E-state index is 13.3. The molecule has 0 saturated heterocycles. The Balaban J connectivity index is 0.000000168. The summed E-state index contributed by atoms with van der Waals surface area (Å²) in [4.78, 5) is 12.2. The third-order valence-corrected chi connectivity index (χ3v) is 13.9. The smallest absolute Gasteiger partial charge is 0.269 e. The van der Waals surface area contributed by atoms with Gasteiger partial charge in [0.25, 0.3) is 10.0 Å². The molecule has 9 rings (SSSR count). The highest BCUT2D eigenvalue weighted by Crippen LogP contribution is 2.47. The number of aromatic nitrogens is 10. The van der Waals surface area contributed by atoms with Crippen LogP contribution in [0.1, 0.15) is 107 Å². The number of aryl methyl sites for hydroxylation is 1. The van der Waals surface area contributed by atoms with Gasteiger partial charge in [0.05, 0.1) is 40.5 Å². The molecule has 0 unspecified atom stereocenters. The average molecular weight is 771 g/mol. The van der Waals surface area contributed by atoms with Gasteiger partial charge in [0.1, 0.15) is 11.6 Å². The molecule has 2 aliphatic carbocycles. The van der Waals surface area contributed by atoms with Crippen molar-refractivity contribution in [2.45, 2.75) is 102 Å². The van der Waals surface area contributed by atoms with Crippen molar-refractivity contribution in [1.29, 1.82) is 10.5 Å². The van der Waals surface area contributed by atoms with E-state index in [1.807, 2.05) is 23.6 Å². The Labute approximate surface area is 325 Å². The Bertz CT molecular complexity index is 2700.